The molecule has 0 bridgehead atoms. The van der Waals surface area contributed by atoms with Crippen LogP contribution in [0.5, 0.6) is 11.5 Å². The van der Waals surface area contributed by atoms with E-state index >= 15 is 0 Å². The molecular weight excluding hydrogens is 300 g/mol. The maximum atomic E-state index is 12.6. The van der Waals surface area contributed by atoms with Gasteiger partial charge in [0.15, 0.2) is 0 Å². The Morgan fingerprint density at radius 2 is 1.42 bits per heavy atom. The fourth-order valence-electron chi connectivity index (χ4n) is 2.48. The minimum Gasteiger partial charge on any atom is -0.493 e. The first kappa shape index (κ1) is 15.8. The fraction of sp³-hybridized carbons (Fsp3) is 0.0952. The van der Waals surface area contributed by atoms with Gasteiger partial charge in [0, 0.05) is 5.56 Å². The zero-order valence-electron chi connectivity index (χ0n) is 13.4. The molecule has 3 aromatic rings. The quantitative estimate of drug-likeness (QED) is 0.492. The number of hydrogen-bond donors (Lipinski definition) is 0. The van der Waals surface area contributed by atoms with Gasteiger partial charge in [0.1, 0.15) is 17.1 Å². The lowest BCUT2D eigenvalue weighted by Gasteiger charge is -2.12. The smallest absolute Gasteiger partial charge is 0.347 e. The average molecular weight is 318 g/mol. The predicted molar refractivity (Wildman–Crippen MR) is 94.4 cm³/mol. The summed E-state index contributed by atoms with van der Waals surface area (Å²) in [6.45, 7) is 2.37. The van der Waals surface area contributed by atoms with Crippen LogP contribution in [-0.2, 0) is 0 Å². The first-order valence-electron chi connectivity index (χ1n) is 7.88. The number of para-hydroxylation sites is 2. The SMILES string of the molecule is CCOc1ccccc1C(=O)Oc1ccccc1-c1ccccc1. The lowest BCUT2D eigenvalue weighted by Crippen LogP contribution is -2.11. The highest BCUT2D eigenvalue weighted by Gasteiger charge is 2.16. The van der Waals surface area contributed by atoms with Crippen LogP contribution >= 0.6 is 0 Å². The second kappa shape index (κ2) is 7.47. The summed E-state index contributed by atoms with van der Waals surface area (Å²) in [5.74, 6) is 0.629. The second-order valence-corrected chi connectivity index (χ2v) is 5.18. The number of rotatable bonds is 5. The van der Waals surface area contributed by atoms with Crippen molar-refractivity contribution in [1.82, 2.24) is 0 Å². The molecule has 0 aromatic heterocycles. The van der Waals surface area contributed by atoms with Crippen LogP contribution in [0.25, 0.3) is 11.1 Å². The number of esters is 1. The molecule has 0 fully saturated rings. The molecule has 24 heavy (non-hydrogen) atoms. The summed E-state index contributed by atoms with van der Waals surface area (Å²) in [7, 11) is 0. The van der Waals surface area contributed by atoms with Crippen molar-refractivity contribution in [2.75, 3.05) is 6.61 Å². The molecule has 3 heteroatoms. The van der Waals surface area contributed by atoms with Gasteiger partial charge >= 0.3 is 5.97 Å². The van der Waals surface area contributed by atoms with Crippen molar-refractivity contribution in [2.45, 2.75) is 6.92 Å². The first-order valence-corrected chi connectivity index (χ1v) is 7.88. The van der Waals surface area contributed by atoms with Crippen molar-refractivity contribution in [1.29, 1.82) is 0 Å². The minimum atomic E-state index is -0.428. The zero-order chi connectivity index (χ0) is 16.8. The van der Waals surface area contributed by atoms with E-state index in [1.165, 1.54) is 0 Å². The third-order valence-electron chi connectivity index (χ3n) is 3.58. The molecule has 0 atom stereocenters. The van der Waals surface area contributed by atoms with Gasteiger partial charge in [0.2, 0.25) is 0 Å². The van der Waals surface area contributed by atoms with Crippen LogP contribution < -0.4 is 9.47 Å². The van der Waals surface area contributed by atoms with Gasteiger partial charge in [-0.1, -0.05) is 60.7 Å². The van der Waals surface area contributed by atoms with Crippen LogP contribution in [0, 0.1) is 0 Å². The van der Waals surface area contributed by atoms with Gasteiger partial charge in [-0.2, -0.15) is 0 Å². The number of ether oxygens (including phenoxy) is 2. The van der Waals surface area contributed by atoms with Crippen molar-refractivity contribution >= 4 is 5.97 Å². The standard InChI is InChI=1S/C21H18O3/c1-2-23-19-14-8-7-13-18(19)21(22)24-20-15-9-6-12-17(20)16-10-4-3-5-11-16/h3-15H,2H2,1H3. The predicted octanol–water partition coefficient (Wildman–Crippen LogP) is 4.97. The lowest BCUT2D eigenvalue weighted by molar-refractivity contribution is 0.0731. The van der Waals surface area contributed by atoms with Crippen LogP contribution in [0.15, 0.2) is 78.9 Å². The van der Waals surface area contributed by atoms with Gasteiger partial charge in [-0.05, 0) is 30.7 Å². The molecule has 0 aliphatic carbocycles. The molecule has 0 unspecified atom stereocenters. The summed E-state index contributed by atoms with van der Waals surface area (Å²) in [4.78, 5) is 12.6. The molecule has 3 aromatic carbocycles. The van der Waals surface area contributed by atoms with E-state index in [2.05, 4.69) is 0 Å². The van der Waals surface area contributed by atoms with Crippen LogP contribution in [0.2, 0.25) is 0 Å². The topological polar surface area (TPSA) is 35.5 Å². The van der Waals surface area contributed by atoms with E-state index in [1.54, 1.807) is 24.3 Å². The molecule has 0 amide bonds. The van der Waals surface area contributed by atoms with Crippen LogP contribution in [-0.4, -0.2) is 12.6 Å². The first-order chi connectivity index (χ1) is 11.8. The Hall–Kier alpha value is -3.07. The van der Waals surface area contributed by atoms with Gasteiger partial charge in [-0.3, -0.25) is 0 Å². The summed E-state index contributed by atoms with van der Waals surface area (Å²) >= 11 is 0. The highest BCUT2D eigenvalue weighted by Crippen LogP contribution is 2.31. The molecule has 120 valence electrons. The highest BCUT2D eigenvalue weighted by atomic mass is 16.5. The van der Waals surface area contributed by atoms with Crippen LogP contribution in [0.1, 0.15) is 17.3 Å². The van der Waals surface area contributed by atoms with E-state index in [4.69, 9.17) is 9.47 Å². The van der Waals surface area contributed by atoms with Gasteiger partial charge in [0.25, 0.3) is 0 Å². The maximum absolute atomic E-state index is 12.6. The Kier molecular flexibility index (Phi) is 4.92. The van der Waals surface area contributed by atoms with Crippen molar-refractivity contribution in [3.63, 3.8) is 0 Å². The van der Waals surface area contributed by atoms with E-state index in [-0.39, 0.29) is 0 Å². The molecule has 0 saturated heterocycles. The minimum absolute atomic E-state index is 0.419. The molecular formula is C21H18O3. The van der Waals surface area contributed by atoms with E-state index < -0.39 is 5.97 Å². The Morgan fingerprint density at radius 1 is 0.792 bits per heavy atom. The van der Waals surface area contributed by atoms with Crippen molar-refractivity contribution < 1.29 is 14.3 Å². The van der Waals surface area contributed by atoms with E-state index in [0.29, 0.717) is 23.7 Å². The highest BCUT2D eigenvalue weighted by molar-refractivity contribution is 5.94. The maximum Gasteiger partial charge on any atom is 0.347 e. The molecule has 0 N–H and O–H groups in total. The zero-order valence-corrected chi connectivity index (χ0v) is 13.4. The summed E-state index contributed by atoms with van der Waals surface area (Å²) in [5, 5.41) is 0. The molecule has 3 nitrogen and oxygen atoms in total. The molecule has 0 spiro atoms. The normalized spacial score (nSPS) is 10.2. The summed E-state index contributed by atoms with van der Waals surface area (Å²) in [5.41, 5.74) is 2.29. The van der Waals surface area contributed by atoms with Gasteiger partial charge in [-0.15, -0.1) is 0 Å². The molecule has 0 radical (unpaired) electrons. The van der Waals surface area contributed by atoms with E-state index in [0.717, 1.165) is 11.1 Å². The second-order valence-electron chi connectivity index (χ2n) is 5.18. The fourth-order valence-corrected chi connectivity index (χ4v) is 2.48. The summed E-state index contributed by atoms with van der Waals surface area (Å²) in [6, 6.07) is 24.4. The third kappa shape index (κ3) is 3.46. The van der Waals surface area contributed by atoms with Gasteiger partial charge in [0.05, 0.1) is 6.61 Å². The molecule has 0 saturated carbocycles. The Bertz CT molecular complexity index is 825. The Labute approximate surface area is 141 Å². The van der Waals surface area contributed by atoms with Crippen molar-refractivity contribution in [3.05, 3.63) is 84.4 Å². The number of hydrogen-bond acceptors (Lipinski definition) is 3. The average Bonchev–Trinajstić information content (AvgIpc) is 2.63. The number of carbonyl (C=O) groups excluding carboxylic acids is 1. The Balaban J connectivity index is 1.91. The van der Waals surface area contributed by atoms with Crippen LogP contribution in [0.4, 0.5) is 0 Å². The van der Waals surface area contributed by atoms with Crippen molar-refractivity contribution in [2.24, 2.45) is 0 Å². The van der Waals surface area contributed by atoms with Gasteiger partial charge in [-0.25, -0.2) is 4.79 Å². The van der Waals surface area contributed by atoms with E-state index in [1.807, 2.05) is 61.5 Å². The largest absolute Gasteiger partial charge is 0.493 e. The molecule has 0 heterocycles. The molecule has 0 aliphatic heterocycles. The van der Waals surface area contributed by atoms with Crippen molar-refractivity contribution in [3.8, 4) is 22.6 Å². The third-order valence-corrected chi connectivity index (χ3v) is 3.58. The number of carbonyl (C=O) groups is 1. The van der Waals surface area contributed by atoms with Crippen LogP contribution in [0.3, 0.4) is 0 Å². The molecule has 0 aliphatic rings. The lowest BCUT2D eigenvalue weighted by atomic mass is 10.0. The monoisotopic (exact) mass is 318 g/mol. The van der Waals surface area contributed by atoms with Gasteiger partial charge < -0.3 is 9.47 Å². The Morgan fingerprint density at radius 3 is 2.17 bits per heavy atom. The summed E-state index contributed by atoms with van der Waals surface area (Å²) in [6.07, 6.45) is 0. The summed E-state index contributed by atoms with van der Waals surface area (Å²) < 4.78 is 11.2. The molecule has 3 rings (SSSR count). The number of benzene rings is 3. The van der Waals surface area contributed by atoms with E-state index in [9.17, 15) is 4.79 Å².